The Morgan fingerprint density at radius 3 is 2.50 bits per heavy atom. The van der Waals surface area contributed by atoms with Gasteiger partial charge in [-0.3, -0.25) is 0 Å². The van der Waals surface area contributed by atoms with Crippen LogP contribution in [0, 0.1) is 0 Å². The summed E-state index contributed by atoms with van der Waals surface area (Å²) in [5.74, 6) is 0. The molecule has 72 valence electrons. The average molecular weight is 211 g/mol. The highest BCUT2D eigenvalue weighted by molar-refractivity contribution is 7.87. The summed E-state index contributed by atoms with van der Waals surface area (Å²) >= 11 is 4.59. The molecule has 0 aromatic heterocycles. The average Bonchev–Trinajstić information content (AvgIpc) is 1.85. The Morgan fingerprint density at radius 2 is 2.17 bits per heavy atom. The van der Waals surface area contributed by atoms with Gasteiger partial charge in [0.2, 0.25) is 0 Å². The van der Waals surface area contributed by atoms with E-state index in [1.165, 1.54) is 0 Å². The zero-order chi connectivity index (χ0) is 9.78. The Bertz CT molecular complexity index is 249. The lowest BCUT2D eigenvalue weighted by molar-refractivity contribution is 0.566. The van der Waals surface area contributed by atoms with Crippen LogP contribution in [0.3, 0.4) is 0 Å². The van der Waals surface area contributed by atoms with Gasteiger partial charge < -0.3 is 5.73 Å². The standard InChI is InChI=1S/C5H13N3O2S2/c1-3-7-12(9,10)8-4(2)5(6)11/h4,7-8H,3H2,1-2H3,(H2,6,11). The fourth-order valence-electron chi connectivity index (χ4n) is 0.522. The van der Waals surface area contributed by atoms with Gasteiger partial charge in [0, 0.05) is 6.54 Å². The van der Waals surface area contributed by atoms with Gasteiger partial charge in [0.15, 0.2) is 0 Å². The van der Waals surface area contributed by atoms with Crippen molar-refractivity contribution in [2.24, 2.45) is 5.73 Å². The van der Waals surface area contributed by atoms with Crippen molar-refractivity contribution in [1.82, 2.24) is 9.44 Å². The third kappa shape index (κ3) is 4.60. The minimum Gasteiger partial charge on any atom is -0.392 e. The second kappa shape index (κ2) is 4.70. The quantitative estimate of drug-likeness (QED) is 0.515. The van der Waals surface area contributed by atoms with E-state index in [4.69, 9.17) is 5.73 Å². The largest absolute Gasteiger partial charge is 0.392 e. The Kier molecular flexibility index (Phi) is 4.61. The van der Waals surface area contributed by atoms with Gasteiger partial charge in [-0.1, -0.05) is 19.1 Å². The number of hydrogen-bond acceptors (Lipinski definition) is 3. The zero-order valence-corrected chi connectivity index (χ0v) is 8.63. The Labute approximate surface area is 77.9 Å². The molecule has 0 heterocycles. The molecule has 0 aliphatic carbocycles. The molecule has 12 heavy (non-hydrogen) atoms. The first kappa shape index (κ1) is 11.8. The second-order valence-electron chi connectivity index (χ2n) is 2.24. The summed E-state index contributed by atoms with van der Waals surface area (Å²) in [5, 5.41) is 0. The van der Waals surface area contributed by atoms with Gasteiger partial charge in [-0.05, 0) is 6.92 Å². The summed E-state index contributed by atoms with van der Waals surface area (Å²) in [6.45, 7) is 3.60. The molecule has 7 heteroatoms. The summed E-state index contributed by atoms with van der Waals surface area (Å²) in [4.78, 5) is 0.122. The first-order chi connectivity index (χ1) is 5.39. The first-order valence-corrected chi connectivity index (χ1v) is 5.34. The number of nitrogens with one attached hydrogen (secondary N) is 2. The normalized spacial score (nSPS) is 14.2. The van der Waals surface area contributed by atoms with Gasteiger partial charge in [-0.2, -0.15) is 13.1 Å². The Hall–Kier alpha value is -0.240. The van der Waals surface area contributed by atoms with Crippen LogP contribution in [-0.4, -0.2) is 26.0 Å². The van der Waals surface area contributed by atoms with E-state index in [1.54, 1.807) is 13.8 Å². The van der Waals surface area contributed by atoms with Crippen LogP contribution < -0.4 is 15.2 Å². The molecule has 0 bridgehead atoms. The van der Waals surface area contributed by atoms with E-state index in [1.807, 2.05) is 0 Å². The van der Waals surface area contributed by atoms with Gasteiger partial charge >= 0.3 is 0 Å². The molecule has 0 saturated heterocycles. The Balaban J connectivity index is 4.16. The first-order valence-electron chi connectivity index (χ1n) is 3.45. The number of rotatable bonds is 5. The van der Waals surface area contributed by atoms with Crippen LogP contribution in [0.5, 0.6) is 0 Å². The molecule has 0 radical (unpaired) electrons. The molecule has 0 rings (SSSR count). The molecule has 0 aromatic carbocycles. The van der Waals surface area contributed by atoms with Crippen molar-refractivity contribution >= 4 is 27.4 Å². The smallest absolute Gasteiger partial charge is 0.277 e. The predicted octanol–water partition coefficient (Wildman–Crippen LogP) is -0.895. The molecule has 0 amide bonds. The van der Waals surface area contributed by atoms with Crippen LogP contribution in [0.15, 0.2) is 0 Å². The maximum Gasteiger partial charge on any atom is 0.277 e. The van der Waals surface area contributed by atoms with Crippen LogP contribution in [0.1, 0.15) is 13.8 Å². The van der Waals surface area contributed by atoms with Crippen molar-refractivity contribution in [2.75, 3.05) is 6.54 Å². The van der Waals surface area contributed by atoms with Gasteiger partial charge in [0.05, 0.1) is 11.0 Å². The lowest BCUT2D eigenvalue weighted by Gasteiger charge is -2.11. The molecule has 0 aliphatic rings. The van der Waals surface area contributed by atoms with Crippen molar-refractivity contribution in [1.29, 1.82) is 0 Å². The van der Waals surface area contributed by atoms with Crippen molar-refractivity contribution in [3.8, 4) is 0 Å². The number of hydrogen-bond donors (Lipinski definition) is 3. The van der Waals surface area contributed by atoms with E-state index >= 15 is 0 Å². The molecule has 0 aliphatic heterocycles. The molecule has 0 spiro atoms. The van der Waals surface area contributed by atoms with Gasteiger partial charge in [0.1, 0.15) is 0 Å². The summed E-state index contributed by atoms with van der Waals surface area (Å²) < 4.78 is 26.5. The summed E-state index contributed by atoms with van der Waals surface area (Å²) in [5.41, 5.74) is 5.22. The minimum atomic E-state index is -3.44. The molecule has 0 saturated carbocycles. The fraction of sp³-hybridized carbons (Fsp3) is 0.800. The topological polar surface area (TPSA) is 84.2 Å². The highest BCUT2D eigenvalue weighted by Gasteiger charge is 2.13. The lowest BCUT2D eigenvalue weighted by Crippen LogP contribution is -2.46. The molecule has 0 fully saturated rings. The molecule has 1 unspecified atom stereocenters. The highest BCUT2D eigenvalue weighted by Crippen LogP contribution is 1.85. The maximum atomic E-state index is 11.0. The molecule has 5 nitrogen and oxygen atoms in total. The van der Waals surface area contributed by atoms with E-state index in [9.17, 15) is 8.42 Å². The highest BCUT2D eigenvalue weighted by atomic mass is 32.2. The second-order valence-corrected chi connectivity index (χ2v) is 4.25. The molecule has 4 N–H and O–H groups in total. The van der Waals surface area contributed by atoms with Gasteiger partial charge in [-0.25, -0.2) is 4.72 Å². The molecular formula is C5H13N3O2S2. The van der Waals surface area contributed by atoms with Gasteiger partial charge in [-0.15, -0.1) is 0 Å². The van der Waals surface area contributed by atoms with Crippen LogP contribution in [-0.2, 0) is 10.2 Å². The predicted molar refractivity (Wildman–Crippen MR) is 52.0 cm³/mol. The molecule has 0 aromatic rings. The third-order valence-electron chi connectivity index (χ3n) is 1.09. The maximum absolute atomic E-state index is 11.0. The van der Waals surface area contributed by atoms with E-state index in [-0.39, 0.29) is 4.99 Å². The van der Waals surface area contributed by atoms with Crippen LogP contribution >= 0.6 is 12.2 Å². The summed E-state index contributed by atoms with van der Waals surface area (Å²) in [7, 11) is -3.44. The SMILES string of the molecule is CCNS(=O)(=O)NC(C)C(N)=S. The van der Waals surface area contributed by atoms with Crippen LogP contribution in [0.4, 0.5) is 0 Å². The van der Waals surface area contributed by atoms with E-state index in [2.05, 4.69) is 21.7 Å². The summed E-state index contributed by atoms with van der Waals surface area (Å²) in [6, 6.07) is -0.524. The monoisotopic (exact) mass is 211 g/mol. The molecular weight excluding hydrogens is 198 g/mol. The molecule has 1 atom stereocenters. The summed E-state index contributed by atoms with van der Waals surface area (Å²) in [6.07, 6.45) is 0. The number of nitrogens with two attached hydrogens (primary N) is 1. The van der Waals surface area contributed by atoms with Crippen molar-refractivity contribution in [2.45, 2.75) is 19.9 Å². The van der Waals surface area contributed by atoms with E-state index < -0.39 is 16.3 Å². The zero-order valence-electron chi connectivity index (χ0n) is 6.99. The van der Waals surface area contributed by atoms with E-state index in [0.717, 1.165) is 0 Å². The van der Waals surface area contributed by atoms with E-state index in [0.29, 0.717) is 6.54 Å². The lowest BCUT2D eigenvalue weighted by atomic mass is 10.4. The third-order valence-corrected chi connectivity index (χ3v) is 2.78. The van der Waals surface area contributed by atoms with Crippen LogP contribution in [0.25, 0.3) is 0 Å². The van der Waals surface area contributed by atoms with Crippen molar-refractivity contribution < 1.29 is 8.42 Å². The van der Waals surface area contributed by atoms with Crippen LogP contribution in [0.2, 0.25) is 0 Å². The fourth-order valence-corrected chi connectivity index (χ4v) is 1.71. The number of thiocarbonyl (C=S) groups is 1. The van der Waals surface area contributed by atoms with Crippen molar-refractivity contribution in [3.63, 3.8) is 0 Å². The van der Waals surface area contributed by atoms with Gasteiger partial charge in [0.25, 0.3) is 10.2 Å². The van der Waals surface area contributed by atoms with Crippen molar-refractivity contribution in [3.05, 3.63) is 0 Å². The minimum absolute atomic E-state index is 0.122. The Morgan fingerprint density at radius 1 is 1.67 bits per heavy atom.